The molecule has 17 rings (SSSR count). The Labute approximate surface area is 579 Å². The second-order valence-electron chi connectivity index (χ2n) is 35.4. The van der Waals surface area contributed by atoms with Crippen molar-refractivity contribution in [3.05, 3.63) is 274 Å². The summed E-state index contributed by atoms with van der Waals surface area (Å²) in [5.41, 5.74) is 36.6. The first kappa shape index (κ1) is 61.9. The molecule has 9 aromatic carbocycles. The van der Waals surface area contributed by atoms with Gasteiger partial charge in [-0.05, 0) is 253 Å². The van der Waals surface area contributed by atoms with E-state index >= 15 is 0 Å². The molecule has 2 nitrogen and oxygen atoms in total. The molecule has 0 saturated carbocycles. The summed E-state index contributed by atoms with van der Waals surface area (Å²) in [5.74, 6) is 2.27. The maximum Gasteiger partial charge on any atom is 0.252 e. The van der Waals surface area contributed by atoms with Gasteiger partial charge in [-0.1, -0.05) is 267 Å². The van der Waals surface area contributed by atoms with Crippen molar-refractivity contribution >= 4 is 73.6 Å². The van der Waals surface area contributed by atoms with Gasteiger partial charge in [0, 0.05) is 46.0 Å². The lowest BCUT2D eigenvalue weighted by Gasteiger charge is -2.48. The van der Waals surface area contributed by atoms with Crippen LogP contribution in [0.25, 0.3) is 49.7 Å². The fraction of sp³-hybridized carbons (Fsp3) is 0.319. The van der Waals surface area contributed by atoms with E-state index < -0.39 is 0 Å². The molecule has 0 bridgehead atoms. The molecule has 97 heavy (non-hydrogen) atoms. The first-order valence-electron chi connectivity index (χ1n) is 36.5. The highest BCUT2D eigenvalue weighted by Gasteiger charge is 2.48. The molecule has 0 spiro atoms. The van der Waals surface area contributed by atoms with Crippen LogP contribution in [0.5, 0.6) is 0 Å². The number of anilines is 6. The lowest BCUT2D eigenvalue weighted by atomic mass is 9.33. The second kappa shape index (κ2) is 21.9. The zero-order chi connectivity index (χ0) is 67.1. The van der Waals surface area contributed by atoms with Crippen LogP contribution in [-0.2, 0) is 23.7 Å². The Morgan fingerprint density at radius 3 is 1.59 bits per heavy atom. The fourth-order valence-electron chi connectivity index (χ4n) is 18.5. The van der Waals surface area contributed by atoms with Gasteiger partial charge in [-0.15, -0.1) is 0 Å². The van der Waals surface area contributed by atoms with Crippen LogP contribution >= 0.6 is 0 Å². The number of fused-ring (bicyclic) bond motifs is 4. The lowest BCUT2D eigenvalue weighted by Crippen LogP contribution is -2.61. The van der Waals surface area contributed by atoms with Crippen LogP contribution in [0.1, 0.15) is 162 Å². The van der Waals surface area contributed by atoms with Gasteiger partial charge in [0.25, 0.3) is 6.71 Å². The number of rotatable bonds is 6. The molecule has 0 N–H and O–H groups in total. The van der Waals surface area contributed by atoms with Gasteiger partial charge in [0.15, 0.2) is 0 Å². The summed E-state index contributed by atoms with van der Waals surface area (Å²) in [6.07, 6.45) is 21.3. The molecular weight excluding hydrogens is 1170 g/mol. The molecule has 2 aliphatic heterocycles. The SMILES string of the molecule is CC(C)(C)C1=CC2=CC(c3ccc4c(c3)N(c3ccc(-c5ccccc5)cc3)c3cc(C(C)(C)C)cc5c3B4c3ccc(-c4cc6cc(C(C)(C)C)cc7c6c6c4CC(C(C)(C)C)CC6CC7)cc3N5c3ccc(-c4ccccc4)cc3)=C3C=C(C(C)(C)C)CC4C=CC(=C1)C2C34. The molecule has 0 saturated heterocycles. The van der Waals surface area contributed by atoms with Crippen LogP contribution in [0.15, 0.2) is 240 Å². The Hall–Kier alpha value is -8.66. The number of allylic oxidation sites excluding steroid dienone is 12. The third-order valence-electron chi connectivity index (χ3n) is 24.1. The van der Waals surface area contributed by atoms with E-state index in [1.807, 2.05) is 0 Å². The normalized spacial score (nSPS) is 20.7. The molecule has 5 unspecified atom stereocenters. The third-order valence-corrected chi connectivity index (χ3v) is 24.1. The molecule has 5 atom stereocenters. The number of hydrogen-bond donors (Lipinski definition) is 0. The molecule has 2 heterocycles. The van der Waals surface area contributed by atoms with Crippen LogP contribution < -0.4 is 26.2 Å². The van der Waals surface area contributed by atoms with Crippen LogP contribution in [0.4, 0.5) is 34.1 Å². The van der Waals surface area contributed by atoms with Crippen molar-refractivity contribution in [2.75, 3.05) is 9.80 Å². The summed E-state index contributed by atoms with van der Waals surface area (Å²) in [6.45, 7) is 36.2. The van der Waals surface area contributed by atoms with Crippen LogP contribution in [0.3, 0.4) is 0 Å². The van der Waals surface area contributed by atoms with Gasteiger partial charge in [0.1, 0.15) is 0 Å². The first-order valence-corrected chi connectivity index (χ1v) is 36.5. The third kappa shape index (κ3) is 10.2. The van der Waals surface area contributed by atoms with E-state index in [9.17, 15) is 0 Å². The molecular formula is C94H95BN2. The molecule has 6 aliphatic carbocycles. The standard InChI is InChI=1S/C94H95BN2/c1-90(2,3)68-42-62-26-28-64-44-70(92(7,8)9)52-77-75(48-66(46-68)85(62)87(64)77)60-34-40-79-81(50-60)96(73-36-30-58(31-37-73)56-22-18-16-19-23-56)83-54-72(94(13,14)15)55-84-89(83)95(79)80-41-35-61(51-82(80)97(84)74-38-32-59(33-39-74)57-24-20-17-21-25-57)76-49-67-47-69(91(4,5)6)43-63-27-29-65-45-71(93(10,11)12)53-78(76)88(65)86(63)67/h16-26,28,30-43,46-52,54-55,64-65,71,85,87H,27,29,44-45,53H2,1-15H3. The highest BCUT2D eigenvalue weighted by molar-refractivity contribution is 7.00. The van der Waals surface area contributed by atoms with Crippen molar-refractivity contribution in [1.29, 1.82) is 0 Å². The van der Waals surface area contributed by atoms with Crippen molar-refractivity contribution in [2.45, 2.75) is 153 Å². The predicted molar refractivity (Wildman–Crippen MR) is 416 cm³/mol. The Morgan fingerprint density at radius 2 is 1.02 bits per heavy atom. The molecule has 3 heteroatoms. The van der Waals surface area contributed by atoms with E-state index in [2.05, 4.69) is 326 Å². The van der Waals surface area contributed by atoms with Crippen molar-refractivity contribution in [3.63, 3.8) is 0 Å². The van der Waals surface area contributed by atoms with Crippen molar-refractivity contribution in [2.24, 2.45) is 39.9 Å². The second-order valence-corrected chi connectivity index (χ2v) is 35.4. The number of hydrogen-bond acceptors (Lipinski definition) is 2. The minimum Gasteiger partial charge on any atom is -0.311 e. The van der Waals surface area contributed by atoms with Crippen LogP contribution in [0.2, 0.25) is 0 Å². The zero-order valence-corrected chi connectivity index (χ0v) is 60.1. The van der Waals surface area contributed by atoms with Gasteiger partial charge in [-0.25, -0.2) is 0 Å². The van der Waals surface area contributed by atoms with Crippen LogP contribution in [0, 0.1) is 39.9 Å². The summed E-state index contributed by atoms with van der Waals surface area (Å²) in [5, 5.41) is 2.97. The number of benzene rings is 9. The smallest absolute Gasteiger partial charge is 0.252 e. The summed E-state index contributed by atoms with van der Waals surface area (Å²) in [7, 11) is 0. The Morgan fingerprint density at radius 1 is 0.464 bits per heavy atom. The summed E-state index contributed by atoms with van der Waals surface area (Å²) >= 11 is 0. The minimum absolute atomic E-state index is 0.0127. The van der Waals surface area contributed by atoms with E-state index in [1.165, 1.54) is 141 Å². The zero-order valence-electron chi connectivity index (χ0n) is 60.1. The molecule has 0 aromatic heterocycles. The van der Waals surface area contributed by atoms with Gasteiger partial charge in [-0.3, -0.25) is 0 Å². The highest BCUT2D eigenvalue weighted by Crippen LogP contribution is 2.59. The summed E-state index contributed by atoms with van der Waals surface area (Å²) in [4.78, 5) is 5.36. The number of nitrogens with zero attached hydrogens (tertiary/aromatic N) is 2. The van der Waals surface area contributed by atoms with E-state index in [4.69, 9.17) is 0 Å². The predicted octanol–water partition coefficient (Wildman–Crippen LogP) is 23.6. The van der Waals surface area contributed by atoms with Gasteiger partial charge in [0.05, 0.1) is 0 Å². The van der Waals surface area contributed by atoms with E-state index in [0.717, 1.165) is 24.9 Å². The molecule has 8 aliphatic rings. The van der Waals surface area contributed by atoms with Gasteiger partial charge >= 0.3 is 0 Å². The van der Waals surface area contributed by atoms with E-state index in [-0.39, 0.29) is 33.8 Å². The molecule has 0 fully saturated rings. The molecule has 0 radical (unpaired) electrons. The quantitative estimate of drug-likeness (QED) is 0.153. The van der Waals surface area contributed by atoms with Crippen molar-refractivity contribution in [1.82, 2.24) is 0 Å². The van der Waals surface area contributed by atoms with E-state index in [1.54, 1.807) is 27.6 Å². The van der Waals surface area contributed by atoms with Crippen molar-refractivity contribution < 1.29 is 0 Å². The average Bonchev–Trinajstić information content (AvgIpc) is 0.701. The minimum atomic E-state index is -0.190. The largest absolute Gasteiger partial charge is 0.311 e. The van der Waals surface area contributed by atoms with Gasteiger partial charge < -0.3 is 9.80 Å². The molecule has 0 amide bonds. The van der Waals surface area contributed by atoms with Gasteiger partial charge in [-0.2, -0.15) is 0 Å². The Balaban J connectivity index is 0.940. The molecule has 9 aromatic rings. The molecule has 484 valence electrons. The maximum atomic E-state index is 2.68. The Kier molecular flexibility index (Phi) is 14.0. The first-order chi connectivity index (χ1) is 46.2. The van der Waals surface area contributed by atoms with Crippen molar-refractivity contribution in [3.8, 4) is 33.4 Å². The summed E-state index contributed by atoms with van der Waals surface area (Å²) < 4.78 is 0. The van der Waals surface area contributed by atoms with E-state index in [0.29, 0.717) is 29.6 Å². The monoisotopic (exact) mass is 1260 g/mol. The summed E-state index contributed by atoms with van der Waals surface area (Å²) in [6, 6.07) is 69.3. The lowest BCUT2D eigenvalue weighted by molar-refractivity contribution is 0.197. The topological polar surface area (TPSA) is 6.48 Å². The maximum absolute atomic E-state index is 2.68. The fourth-order valence-corrected chi connectivity index (χ4v) is 18.5. The average molecular weight is 1260 g/mol. The highest BCUT2D eigenvalue weighted by atomic mass is 15.2. The van der Waals surface area contributed by atoms with Crippen LogP contribution in [-0.4, -0.2) is 6.71 Å². The number of aryl methyl sites for hydroxylation is 1. The Bertz CT molecular complexity index is 4960. The van der Waals surface area contributed by atoms with Gasteiger partial charge in [0.2, 0.25) is 0 Å².